The lowest BCUT2D eigenvalue weighted by Gasteiger charge is -2.38. The average Bonchev–Trinajstić information content (AvgIpc) is 2.78. The fraction of sp³-hybridized carbons (Fsp3) is 0.571. The van der Waals surface area contributed by atoms with Crippen LogP contribution in [0.2, 0.25) is 0 Å². The van der Waals surface area contributed by atoms with Crippen molar-refractivity contribution < 1.29 is 0 Å². The van der Waals surface area contributed by atoms with Gasteiger partial charge in [0.2, 0.25) is 0 Å². The van der Waals surface area contributed by atoms with E-state index in [1.807, 2.05) is 0 Å². The Labute approximate surface area is 97.6 Å². The first kappa shape index (κ1) is 10.3. The van der Waals surface area contributed by atoms with E-state index in [0.717, 1.165) is 12.6 Å². The highest BCUT2D eigenvalue weighted by atomic mass is 15.3. The van der Waals surface area contributed by atoms with Gasteiger partial charge >= 0.3 is 0 Å². The molecule has 2 aliphatic heterocycles. The average molecular weight is 216 g/mol. The minimum Gasteiger partial charge on any atom is -0.313 e. The maximum atomic E-state index is 3.58. The number of nitrogens with zero attached hydrogens (tertiary/aromatic N) is 1. The number of piperazine rings is 1. The van der Waals surface area contributed by atoms with Crippen molar-refractivity contribution in [2.24, 2.45) is 0 Å². The Morgan fingerprint density at radius 1 is 1.19 bits per heavy atom. The summed E-state index contributed by atoms with van der Waals surface area (Å²) < 4.78 is 0. The van der Waals surface area contributed by atoms with Gasteiger partial charge in [-0.05, 0) is 31.9 Å². The third-order valence-electron chi connectivity index (χ3n) is 4.00. The number of aryl methyl sites for hydroxylation is 1. The molecule has 1 N–H and O–H groups in total. The topological polar surface area (TPSA) is 15.3 Å². The summed E-state index contributed by atoms with van der Waals surface area (Å²) in [5.41, 5.74) is 2.83. The van der Waals surface area contributed by atoms with Crippen molar-refractivity contribution in [1.29, 1.82) is 0 Å². The van der Waals surface area contributed by atoms with Crippen molar-refractivity contribution in [1.82, 2.24) is 10.2 Å². The number of fused-ring (bicyclic) bond motifs is 1. The molecular formula is C14H20N2. The fourth-order valence-electron chi connectivity index (χ4n) is 3.09. The first-order valence-electron chi connectivity index (χ1n) is 6.37. The molecule has 2 nitrogen and oxygen atoms in total. The summed E-state index contributed by atoms with van der Waals surface area (Å²) in [4.78, 5) is 2.70. The highest BCUT2D eigenvalue weighted by Gasteiger charge is 2.34. The van der Waals surface area contributed by atoms with Crippen LogP contribution in [-0.4, -0.2) is 30.6 Å². The molecule has 0 aliphatic carbocycles. The smallest absolute Gasteiger partial charge is 0.0476 e. The van der Waals surface area contributed by atoms with E-state index in [2.05, 4.69) is 41.4 Å². The monoisotopic (exact) mass is 216 g/mol. The molecule has 0 spiro atoms. The number of rotatable bonds is 1. The molecular weight excluding hydrogens is 196 g/mol. The summed E-state index contributed by atoms with van der Waals surface area (Å²) in [7, 11) is 0. The molecule has 1 unspecified atom stereocenters. The molecule has 2 aliphatic rings. The molecule has 16 heavy (non-hydrogen) atoms. The highest BCUT2D eigenvalue weighted by Crippen LogP contribution is 2.31. The van der Waals surface area contributed by atoms with Crippen LogP contribution in [-0.2, 0) is 0 Å². The van der Waals surface area contributed by atoms with Crippen molar-refractivity contribution in [2.75, 3.05) is 19.6 Å². The Morgan fingerprint density at radius 3 is 2.81 bits per heavy atom. The van der Waals surface area contributed by atoms with Gasteiger partial charge in [-0.3, -0.25) is 4.90 Å². The third kappa shape index (κ3) is 1.76. The molecule has 86 valence electrons. The van der Waals surface area contributed by atoms with Gasteiger partial charge < -0.3 is 5.32 Å². The van der Waals surface area contributed by atoms with Crippen LogP contribution in [0.25, 0.3) is 0 Å². The van der Waals surface area contributed by atoms with Gasteiger partial charge in [-0.2, -0.15) is 0 Å². The fourth-order valence-corrected chi connectivity index (χ4v) is 3.09. The van der Waals surface area contributed by atoms with Gasteiger partial charge in [-0.1, -0.05) is 29.8 Å². The molecule has 2 heterocycles. The van der Waals surface area contributed by atoms with E-state index < -0.39 is 0 Å². The minimum absolute atomic E-state index is 0.599. The van der Waals surface area contributed by atoms with Crippen molar-refractivity contribution >= 4 is 0 Å². The van der Waals surface area contributed by atoms with E-state index in [1.54, 1.807) is 0 Å². The zero-order valence-corrected chi connectivity index (χ0v) is 9.95. The summed E-state index contributed by atoms with van der Waals surface area (Å²) in [6, 6.07) is 10.4. The van der Waals surface area contributed by atoms with Gasteiger partial charge in [0.1, 0.15) is 0 Å². The zero-order valence-electron chi connectivity index (χ0n) is 9.95. The zero-order chi connectivity index (χ0) is 11.0. The predicted octanol–water partition coefficient (Wildman–Crippen LogP) is 2.10. The van der Waals surface area contributed by atoms with Crippen LogP contribution in [0, 0.1) is 6.92 Å². The van der Waals surface area contributed by atoms with E-state index in [9.17, 15) is 0 Å². The normalized spacial score (nSPS) is 30.3. The van der Waals surface area contributed by atoms with Crippen LogP contribution in [0.3, 0.4) is 0 Å². The Kier molecular flexibility index (Phi) is 2.70. The van der Waals surface area contributed by atoms with E-state index in [-0.39, 0.29) is 0 Å². The molecule has 0 amide bonds. The second-order valence-electron chi connectivity index (χ2n) is 5.12. The van der Waals surface area contributed by atoms with E-state index in [0.29, 0.717) is 6.04 Å². The molecule has 2 heteroatoms. The van der Waals surface area contributed by atoms with Crippen LogP contribution in [0.5, 0.6) is 0 Å². The van der Waals surface area contributed by atoms with Crippen LogP contribution in [0.1, 0.15) is 30.0 Å². The third-order valence-corrected chi connectivity index (χ3v) is 4.00. The van der Waals surface area contributed by atoms with Crippen molar-refractivity contribution in [3.05, 3.63) is 35.4 Å². The maximum Gasteiger partial charge on any atom is 0.0476 e. The molecule has 2 fully saturated rings. The molecule has 0 radical (unpaired) electrons. The molecule has 0 saturated carbocycles. The van der Waals surface area contributed by atoms with Gasteiger partial charge in [0.05, 0.1) is 0 Å². The lowest BCUT2D eigenvalue weighted by atomic mass is 10.0. The lowest BCUT2D eigenvalue weighted by Crippen LogP contribution is -2.49. The molecule has 2 atom stereocenters. The molecule has 1 aromatic carbocycles. The Balaban J connectivity index is 1.85. The molecule has 2 saturated heterocycles. The summed E-state index contributed by atoms with van der Waals surface area (Å²) in [6.45, 7) is 5.73. The van der Waals surface area contributed by atoms with Crippen molar-refractivity contribution in [3.8, 4) is 0 Å². The number of nitrogens with one attached hydrogen (secondary N) is 1. The molecule has 3 rings (SSSR count). The summed E-state index contributed by atoms with van der Waals surface area (Å²) in [6.07, 6.45) is 2.74. The largest absolute Gasteiger partial charge is 0.313 e. The highest BCUT2D eigenvalue weighted by molar-refractivity contribution is 5.25. The summed E-state index contributed by atoms with van der Waals surface area (Å²) >= 11 is 0. The Hall–Kier alpha value is -0.860. The lowest BCUT2D eigenvalue weighted by molar-refractivity contribution is 0.138. The first-order chi connectivity index (χ1) is 7.84. The van der Waals surface area contributed by atoms with E-state index in [4.69, 9.17) is 0 Å². The van der Waals surface area contributed by atoms with Gasteiger partial charge in [0.15, 0.2) is 0 Å². The maximum absolute atomic E-state index is 3.58. The van der Waals surface area contributed by atoms with Gasteiger partial charge in [0, 0.05) is 25.2 Å². The molecule has 1 aromatic rings. The van der Waals surface area contributed by atoms with Crippen LogP contribution < -0.4 is 5.32 Å². The van der Waals surface area contributed by atoms with Gasteiger partial charge in [-0.25, -0.2) is 0 Å². The standard InChI is InChI=1S/C14H20N2/c1-11-4-6-12(7-5-11)14-10-15-9-13-3-2-8-16(13)14/h4-7,13-15H,2-3,8-10H2,1H3/t13-,14?/m0/s1. The number of hydrogen-bond donors (Lipinski definition) is 1. The van der Waals surface area contributed by atoms with Crippen molar-refractivity contribution in [3.63, 3.8) is 0 Å². The molecule has 0 aromatic heterocycles. The van der Waals surface area contributed by atoms with Crippen LogP contribution in [0.4, 0.5) is 0 Å². The van der Waals surface area contributed by atoms with E-state index >= 15 is 0 Å². The quantitative estimate of drug-likeness (QED) is 0.773. The Bertz CT molecular complexity index is 358. The minimum atomic E-state index is 0.599. The predicted molar refractivity (Wildman–Crippen MR) is 66.5 cm³/mol. The Morgan fingerprint density at radius 2 is 2.00 bits per heavy atom. The summed E-state index contributed by atoms with van der Waals surface area (Å²) in [5, 5.41) is 3.58. The second kappa shape index (κ2) is 4.19. The van der Waals surface area contributed by atoms with Crippen LogP contribution in [0.15, 0.2) is 24.3 Å². The van der Waals surface area contributed by atoms with Crippen LogP contribution >= 0.6 is 0 Å². The first-order valence-corrected chi connectivity index (χ1v) is 6.37. The van der Waals surface area contributed by atoms with Gasteiger partial charge in [-0.15, -0.1) is 0 Å². The van der Waals surface area contributed by atoms with Crippen molar-refractivity contribution in [2.45, 2.75) is 31.8 Å². The van der Waals surface area contributed by atoms with E-state index in [1.165, 1.54) is 37.1 Å². The molecule has 0 bridgehead atoms. The number of hydrogen-bond acceptors (Lipinski definition) is 2. The summed E-state index contributed by atoms with van der Waals surface area (Å²) in [5.74, 6) is 0. The number of benzene rings is 1. The van der Waals surface area contributed by atoms with Gasteiger partial charge in [0.25, 0.3) is 0 Å². The second-order valence-corrected chi connectivity index (χ2v) is 5.12. The SMILES string of the molecule is Cc1ccc(C2CNC[C@@H]3CCCN23)cc1.